The fraction of sp³-hybridized carbons (Fsp3) is 0.500. The maximum atomic E-state index is 5.48. The summed E-state index contributed by atoms with van der Waals surface area (Å²) < 4.78 is 5.48. The lowest BCUT2D eigenvalue weighted by Gasteiger charge is -2.28. The minimum absolute atomic E-state index is 0. The van der Waals surface area contributed by atoms with Crippen LogP contribution in [0.25, 0.3) is 0 Å². The highest BCUT2D eigenvalue weighted by molar-refractivity contribution is 14.0. The summed E-state index contributed by atoms with van der Waals surface area (Å²) in [7, 11) is 1.84. The van der Waals surface area contributed by atoms with E-state index in [4.69, 9.17) is 4.74 Å². The fourth-order valence-corrected chi connectivity index (χ4v) is 4.54. The third-order valence-corrected chi connectivity index (χ3v) is 6.44. The molecule has 2 aromatic carbocycles. The molecular formula is C26H38IN5O. The van der Waals surface area contributed by atoms with E-state index in [0.717, 1.165) is 84.4 Å². The molecule has 1 saturated heterocycles. The van der Waals surface area contributed by atoms with E-state index in [2.05, 4.69) is 74.0 Å². The average molecular weight is 564 g/mol. The van der Waals surface area contributed by atoms with Gasteiger partial charge in [-0.05, 0) is 35.1 Å². The van der Waals surface area contributed by atoms with Crippen molar-refractivity contribution in [1.29, 1.82) is 0 Å². The number of guanidine groups is 1. The van der Waals surface area contributed by atoms with Crippen molar-refractivity contribution in [3.05, 3.63) is 70.8 Å². The van der Waals surface area contributed by atoms with Crippen molar-refractivity contribution in [3.8, 4) is 0 Å². The molecule has 4 rings (SSSR count). The van der Waals surface area contributed by atoms with Gasteiger partial charge >= 0.3 is 0 Å². The second kappa shape index (κ2) is 13.9. The van der Waals surface area contributed by atoms with Gasteiger partial charge in [-0.15, -0.1) is 24.0 Å². The fourth-order valence-electron chi connectivity index (χ4n) is 4.54. The molecule has 2 N–H and O–H groups in total. The highest BCUT2D eigenvalue weighted by atomic mass is 127. The molecule has 7 heteroatoms. The van der Waals surface area contributed by atoms with E-state index in [-0.39, 0.29) is 24.0 Å². The maximum Gasteiger partial charge on any atom is 0.191 e. The molecule has 0 amide bonds. The molecular weight excluding hydrogens is 525 g/mol. The molecule has 0 spiro atoms. The number of nitrogens with zero attached hydrogens (tertiary/aromatic N) is 3. The quantitative estimate of drug-likeness (QED) is 0.224. The Morgan fingerprint density at radius 1 is 0.909 bits per heavy atom. The zero-order chi connectivity index (χ0) is 22.0. The summed E-state index contributed by atoms with van der Waals surface area (Å²) in [6.07, 6.45) is 2.27. The van der Waals surface area contributed by atoms with Crippen LogP contribution in [0.2, 0.25) is 0 Å². The van der Waals surface area contributed by atoms with Gasteiger partial charge in [-0.1, -0.05) is 48.5 Å². The predicted octanol–water partition coefficient (Wildman–Crippen LogP) is 3.25. The lowest BCUT2D eigenvalue weighted by Crippen LogP contribution is -2.39. The molecule has 0 aromatic heterocycles. The van der Waals surface area contributed by atoms with Crippen LogP contribution in [0.15, 0.2) is 53.5 Å². The van der Waals surface area contributed by atoms with E-state index in [1.165, 1.54) is 22.3 Å². The van der Waals surface area contributed by atoms with Crippen LogP contribution in [0.1, 0.15) is 28.7 Å². The normalized spacial score (nSPS) is 17.2. The molecule has 2 aromatic rings. The van der Waals surface area contributed by atoms with Gasteiger partial charge in [0, 0.05) is 59.4 Å². The van der Waals surface area contributed by atoms with E-state index in [9.17, 15) is 0 Å². The highest BCUT2D eigenvalue weighted by Crippen LogP contribution is 2.18. The molecule has 33 heavy (non-hydrogen) atoms. The first-order valence-corrected chi connectivity index (χ1v) is 11.9. The van der Waals surface area contributed by atoms with Crippen molar-refractivity contribution in [2.75, 3.05) is 53.0 Å². The van der Waals surface area contributed by atoms with Crippen molar-refractivity contribution in [1.82, 2.24) is 20.4 Å². The van der Waals surface area contributed by atoms with Gasteiger partial charge in [-0.2, -0.15) is 0 Å². The maximum absolute atomic E-state index is 5.48. The van der Waals surface area contributed by atoms with Gasteiger partial charge in [0.2, 0.25) is 0 Å². The molecule has 0 atom stereocenters. The summed E-state index contributed by atoms with van der Waals surface area (Å²) >= 11 is 0. The summed E-state index contributed by atoms with van der Waals surface area (Å²) in [5.74, 6) is 0.871. The monoisotopic (exact) mass is 563 g/mol. The standard InChI is InChI=1S/C26H37N5O.HI/c1-27-26(28-12-6-13-30-14-11-22-7-2-4-9-24(22)20-30)29-19-23-8-3-5-10-25(23)21-31-15-17-32-18-16-31;/h2-5,7-10H,6,11-21H2,1H3,(H2,27,28,29);1H. The van der Waals surface area contributed by atoms with Gasteiger partial charge in [-0.3, -0.25) is 14.8 Å². The topological polar surface area (TPSA) is 52.1 Å². The first kappa shape index (κ1) is 25.9. The van der Waals surface area contributed by atoms with Crippen LogP contribution in [0.4, 0.5) is 0 Å². The number of hydrogen-bond donors (Lipinski definition) is 2. The number of benzene rings is 2. The Kier molecular flexibility index (Phi) is 10.9. The first-order valence-electron chi connectivity index (χ1n) is 11.9. The molecule has 0 bridgehead atoms. The lowest BCUT2D eigenvalue weighted by atomic mass is 10.00. The molecule has 2 aliphatic heterocycles. The SMILES string of the molecule is CN=C(NCCCN1CCc2ccccc2C1)NCc1ccccc1CN1CCOCC1.I. The van der Waals surface area contributed by atoms with E-state index in [0.29, 0.717) is 0 Å². The Labute approximate surface area is 215 Å². The van der Waals surface area contributed by atoms with Crippen molar-refractivity contribution in [2.24, 2.45) is 4.99 Å². The van der Waals surface area contributed by atoms with Crippen molar-refractivity contribution < 1.29 is 4.74 Å². The molecule has 1 fully saturated rings. The predicted molar refractivity (Wildman–Crippen MR) is 146 cm³/mol. The molecule has 0 saturated carbocycles. The summed E-state index contributed by atoms with van der Waals surface area (Å²) in [4.78, 5) is 9.44. The Morgan fingerprint density at radius 3 is 2.42 bits per heavy atom. The Morgan fingerprint density at radius 2 is 1.64 bits per heavy atom. The summed E-state index contributed by atoms with van der Waals surface area (Å²) in [6.45, 7) is 9.71. The minimum Gasteiger partial charge on any atom is -0.379 e. The van der Waals surface area contributed by atoms with Crippen molar-refractivity contribution >= 4 is 29.9 Å². The number of aliphatic imine (C=N–C) groups is 1. The second-order valence-electron chi connectivity index (χ2n) is 8.66. The van der Waals surface area contributed by atoms with E-state index in [1.54, 1.807) is 0 Å². The third kappa shape index (κ3) is 7.95. The summed E-state index contributed by atoms with van der Waals surface area (Å²) in [5.41, 5.74) is 5.71. The molecule has 2 heterocycles. The Bertz CT molecular complexity index is 884. The van der Waals surface area contributed by atoms with E-state index < -0.39 is 0 Å². The van der Waals surface area contributed by atoms with Gasteiger partial charge in [-0.25, -0.2) is 0 Å². The number of halogens is 1. The Hall–Kier alpha value is -1.68. The van der Waals surface area contributed by atoms with Crippen LogP contribution in [-0.4, -0.2) is 68.7 Å². The minimum atomic E-state index is 0. The van der Waals surface area contributed by atoms with E-state index in [1.807, 2.05) is 7.05 Å². The third-order valence-electron chi connectivity index (χ3n) is 6.44. The number of ether oxygens (including phenoxy) is 1. The van der Waals surface area contributed by atoms with Gasteiger partial charge < -0.3 is 15.4 Å². The molecule has 2 aliphatic rings. The molecule has 0 radical (unpaired) electrons. The van der Waals surface area contributed by atoms with Gasteiger partial charge in [0.15, 0.2) is 5.96 Å². The highest BCUT2D eigenvalue weighted by Gasteiger charge is 2.15. The molecule has 6 nitrogen and oxygen atoms in total. The smallest absolute Gasteiger partial charge is 0.191 e. The molecule has 180 valence electrons. The van der Waals surface area contributed by atoms with Gasteiger partial charge in [0.1, 0.15) is 0 Å². The number of rotatable bonds is 8. The zero-order valence-corrected chi connectivity index (χ0v) is 22.1. The number of nitrogens with one attached hydrogen (secondary N) is 2. The van der Waals surface area contributed by atoms with Gasteiger partial charge in [0.25, 0.3) is 0 Å². The summed E-state index contributed by atoms with van der Waals surface area (Å²) in [5, 5.41) is 6.98. The van der Waals surface area contributed by atoms with Crippen LogP contribution >= 0.6 is 24.0 Å². The van der Waals surface area contributed by atoms with Crippen LogP contribution in [0, 0.1) is 0 Å². The van der Waals surface area contributed by atoms with Gasteiger partial charge in [0.05, 0.1) is 13.2 Å². The van der Waals surface area contributed by atoms with Crippen LogP contribution in [0.5, 0.6) is 0 Å². The average Bonchev–Trinajstić information content (AvgIpc) is 2.85. The van der Waals surface area contributed by atoms with Crippen molar-refractivity contribution in [2.45, 2.75) is 32.5 Å². The van der Waals surface area contributed by atoms with Crippen LogP contribution < -0.4 is 10.6 Å². The number of morpholine rings is 1. The van der Waals surface area contributed by atoms with Crippen molar-refractivity contribution in [3.63, 3.8) is 0 Å². The second-order valence-corrected chi connectivity index (χ2v) is 8.66. The number of hydrogen-bond acceptors (Lipinski definition) is 4. The van der Waals surface area contributed by atoms with E-state index >= 15 is 0 Å². The number of fused-ring (bicyclic) bond motifs is 1. The van der Waals surface area contributed by atoms with Crippen LogP contribution in [0.3, 0.4) is 0 Å². The molecule has 0 aliphatic carbocycles. The Balaban J connectivity index is 0.00000306. The summed E-state index contributed by atoms with van der Waals surface area (Å²) in [6, 6.07) is 17.5. The molecule has 0 unspecified atom stereocenters. The largest absolute Gasteiger partial charge is 0.379 e. The lowest BCUT2D eigenvalue weighted by molar-refractivity contribution is 0.0341. The zero-order valence-electron chi connectivity index (χ0n) is 19.8. The van der Waals surface area contributed by atoms with Crippen LogP contribution in [-0.2, 0) is 30.8 Å². The first-order chi connectivity index (χ1) is 15.8.